The molecule has 2 N–H and O–H groups in total. The van der Waals surface area contributed by atoms with Crippen LogP contribution in [-0.2, 0) is 4.74 Å². The molecule has 0 aromatic carbocycles. The third kappa shape index (κ3) is 6.30. The smallest absolute Gasteiger partial charge is 0.0594 e. The van der Waals surface area contributed by atoms with Crippen molar-refractivity contribution in [1.82, 2.24) is 4.90 Å². The largest absolute Gasteiger partial charge is 0.379 e. The van der Waals surface area contributed by atoms with E-state index in [0.29, 0.717) is 13.2 Å². The van der Waals surface area contributed by atoms with Crippen LogP contribution < -0.4 is 5.73 Å². The van der Waals surface area contributed by atoms with Crippen LogP contribution in [0.2, 0.25) is 0 Å². The van der Waals surface area contributed by atoms with Crippen molar-refractivity contribution in [2.75, 3.05) is 45.1 Å². The summed E-state index contributed by atoms with van der Waals surface area (Å²) in [6, 6.07) is 0. The summed E-state index contributed by atoms with van der Waals surface area (Å²) >= 11 is 2.12. The Bertz CT molecular complexity index is 172. The third-order valence-electron chi connectivity index (χ3n) is 2.74. The van der Waals surface area contributed by atoms with E-state index in [9.17, 15) is 0 Å². The molecule has 1 heterocycles. The molecule has 0 amide bonds. The molecule has 5 heteroatoms. The Labute approximate surface area is 110 Å². The van der Waals surface area contributed by atoms with Gasteiger partial charge in [0, 0.05) is 37.2 Å². The number of hydrogen-bond donors (Lipinski definition) is 1. The molecule has 0 aromatic heterocycles. The zero-order chi connectivity index (χ0) is 11.1. The van der Waals surface area contributed by atoms with Crippen LogP contribution in [0.25, 0.3) is 0 Å². The van der Waals surface area contributed by atoms with Gasteiger partial charge in [0.05, 0.1) is 13.2 Å². The lowest BCUT2D eigenvalue weighted by molar-refractivity contribution is 0.109. The average Bonchev–Trinajstić information content (AvgIpc) is 2.25. The van der Waals surface area contributed by atoms with Crippen molar-refractivity contribution in [2.45, 2.75) is 19.1 Å². The van der Waals surface area contributed by atoms with E-state index in [2.05, 4.69) is 30.5 Å². The first kappa shape index (κ1) is 16.5. The lowest BCUT2D eigenvalue weighted by Crippen LogP contribution is -2.41. The molecule has 1 saturated heterocycles. The summed E-state index contributed by atoms with van der Waals surface area (Å²) in [6.07, 6.45) is 0. The van der Waals surface area contributed by atoms with Gasteiger partial charge in [-0.25, -0.2) is 0 Å². The fraction of sp³-hybridized carbons (Fsp3) is 1.00. The molecule has 0 aromatic rings. The van der Waals surface area contributed by atoms with Gasteiger partial charge < -0.3 is 10.5 Å². The predicted octanol–water partition coefficient (Wildman–Crippen LogP) is 1.46. The van der Waals surface area contributed by atoms with Crippen LogP contribution in [-0.4, -0.2) is 55.3 Å². The van der Waals surface area contributed by atoms with Gasteiger partial charge in [0.15, 0.2) is 0 Å². The molecule has 0 spiro atoms. The van der Waals surface area contributed by atoms with E-state index in [1.807, 2.05) is 0 Å². The van der Waals surface area contributed by atoms with Gasteiger partial charge in [-0.1, -0.05) is 13.8 Å². The van der Waals surface area contributed by atoms with E-state index in [-0.39, 0.29) is 12.4 Å². The monoisotopic (exact) mass is 268 g/mol. The number of rotatable bonds is 6. The Morgan fingerprint density at radius 1 is 1.44 bits per heavy atom. The molecular weight excluding hydrogens is 244 g/mol. The first-order chi connectivity index (χ1) is 7.24. The SMILES string of the molecule is CC(C)C1CN(CCOCCN)CCS1.Cl. The highest BCUT2D eigenvalue weighted by atomic mass is 35.5. The molecule has 1 rings (SSSR count). The van der Waals surface area contributed by atoms with Gasteiger partial charge in [-0.3, -0.25) is 4.90 Å². The summed E-state index contributed by atoms with van der Waals surface area (Å²) in [7, 11) is 0. The highest BCUT2D eigenvalue weighted by Crippen LogP contribution is 2.24. The molecule has 98 valence electrons. The maximum atomic E-state index is 5.41. The molecule has 1 unspecified atom stereocenters. The van der Waals surface area contributed by atoms with Crippen molar-refractivity contribution < 1.29 is 4.74 Å². The van der Waals surface area contributed by atoms with E-state index < -0.39 is 0 Å². The Morgan fingerprint density at radius 2 is 2.19 bits per heavy atom. The lowest BCUT2D eigenvalue weighted by Gasteiger charge is -2.34. The molecule has 0 bridgehead atoms. The van der Waals surface area contributed by atoms with Crippen molar-refractivity contribution in [3.63, 3.8) is 0 Å². The number of nitrogens with two attached hydrogens (primary N) is 1. The number of halogens is 1. The minimum Gasteiger partial charge on any atom is -0.379 e. The predicted molar refractivity (Wildman–Crippen MR) is 74.6 cm³/mol. The number of ether oxygens (including phenoxy) is 1. The summed E-state index contributed by atoms with van der Waals surface area (Å²) < 4.78 is 5.41. The molecule has 1 aliphatic heterocycles. The van der Waals surface area contributed by atoms with Gasteiger partial charge in [-0.2, -0.15) is 11.8 Å². The van der Waals surface area contributed by atoms with E-state index in [1.165, 1.54) is 18.8 Å². The van der Waals surface area contributed by atoms with Crippen molar-refractivity contribution in [2.24, 2.45) is 11.7 Å². The molecule has 16 heavy (non-hydrogen) atoms. The Morgan fingerprint density at radius 3 is 2.81 bits per heavy atom. The van der Waals surface area contributed by atoms with E-state index in [0.717, 1.165) is 24.3 Å². The van der Waals surface area contributed by atoms with Gasteiger partial charge >= 0.3 is 0 Å². The van der Waals surface area contributed by atoms with Gasteiger partial charge in [-0.15, -0.1) is 12.4 Å². The summed E-state index contributed by atoms with van der Waals surface area (Å²) in [5, 5.41) is 0.799. The normalized spacial score (nSPS) is 22.1. The van der Waals surface area contributed by atoms with Gasteiger partial charge in [0.25, 0.3) is 0 Å². The van der Waals surface area contributed by atoms with Gasteiger partial charge in [-0.05, 0) is 5.92 Å². The van der Waals surface area contributed by atoms with Crippen molar-refractivity contribution in [3.05, 3.63) is 0 Å². The third-order valence-corrected chi connectivity index (χ3v) is 4.28. The minimum absolute atomic E-state index is 0. The molecule has 0 radical (unpaired) electrons. The highest BCUT2D eigenvalue weighted by Gasteiger charge is 2.22. The summed E-state index contributed by atoms with van der Waals surface area (Å²) in [4.78, 5) is 2.51. The van der Waals surface area contributed by atoms with Gasteiger partial charge in [0.2, 0.25) is 0 Å². The number of hydrogen-bond acceptors (Lipinski definition) is 4. The Kier molecular flexibility index (Phi) is 9.85. The maximum absolute atomic E-state index is 5.41. The standard InChI is InChI=1S/C11H24N2OS.ClH/c1-10(2)11-9-13(5-8-15-11)4-7-14-6-3-12;/h10-11H,3-9,12H2,1-2H3;1H. The van der Waals surface area contributed by atoms with E-state index in [1.54, 1.807) is 0 Å². The maximum Gasteiger partial charge on any atom is 0.0594 e. The second-order valence-electron chi connectivity index (χ2n) is 4.35. The first-order valence-electron chi connectivity index (χ1n) is 5.85. The zero-order valence-electron chi connectivity index (χ0n) is 10.4. The van der Waals surface area contributed by atoms with Gasteiger partial charge in [0.1, 0.15) is 0 Å². The first-order valence-corrected chi connectivity index (χ1v) is 6.90. The molecule has 3 nitrogen and oxygen atoms in total. The fourth-order valence-corrected chi connectivity index (χ4v) is 3.08. The van der Waals surface area contributed by atoms with E-state index >= 15 is 0 Å². The van der Waals surface area contributed by atoms with Crippen molar-refractivity contribution in [1.29, 1.82) is 0 Å². The zero-order valence-corrected chi connectivity index (χ0v) is 12.0. The minimum atomic E-state index is 0. The Hall–Kier alpha value is 0.520. The molecule has 1 fully saturated rings. The highest BCUT2D eigenvalue weighted by molar-refractivity contribution is 8.00. The van der Waals surface area contributed by atoms with Crippen LogP contribution in [0.5, 0.6) is 0 Å². The second-order valence-corrected chi connectivity index (χ2v) is 5.70. The van der Waals surface area contributed by atoms with Crippen molar-refractivity contribution in [3.8, 4) is 0 Å². The quantitative estimate of drug-likeness (QED) is 0.741. The van der Waals surface area contributed by atoms with Crippen LogP contribution in [0.1, 0.15) is 13.8 Å². The van der Waals surface area contributed by atoms with Crippen LogP contribution >= 0.6 is 24.2 Å². The molecule has 0 aliphatic carbocycles. The fourth-order valence-electron chi connectivity index (χ4n) is 1.72. The summed E-state index contributed by atoms with van der Waals surface area (Å²) in [5.41, 5.74) is 5.37. The van der Waals surface area contributed by atoms with Crippen LogP contribution in [0.4, 0.5) is 0 Å². The number of thioether (sulfide) groups is 1. The lowest BCUT2D eigenvalue weighted by atomic mass is 10.1. The van der Waals surface area contributed by atoms with Crippen LogP contribution in [0.3, 0.4) is 0 Å². The second kappa shape index (κ2) is 9.54. The summed E-state index contributed by atoms with van der Waals surface area (Å²) in [6.45, 7) is 10.3. The van der Waals surface area contributed by atoms with Crippen LogP contribution in [0, 0.1) is 5.92 Å². The van der Waals surface area contributed by atoms with Crippen LogP contribution in [0.15, 0.2) is 0 Å². The molecule has 0 saturated carbocycles. The number of nitrogens with zero attached hydrogens (tertiary/aromatic N) is 1. The molecular formula is C11H25ClN2OS. The molecule has 1 atom stereocenters. The topological polar surface area (TPSA) is 38.5 Å². The average molecular weight is 269 g/mol. The Balaban J connectivity index is 0.00000225. The summed E-state index contributed by atoms with van der Waals surface area (Å²) in [5.74, 6) is 2.04. The molecule has 1 aliphatic rings. The van der Waals surface area contributed by atoms with E-state index in [4.69, 9.17) is 10.5 Å². The van der Waals surface area contributed by atoms with Crippen molar-refractivity contribution >= 4 is 24.2 Å².